The summed E-state index contributed by atoms with van der Waals surface area (Å²) in [6, 6.07) is 83.9. The van der Waals surface area contributed by atoms with Crippen molar-refractivity contribution in [1.29, 1.82) is 0 Å². The van der Waals surface area contributed by atoms with E-state index in [9.17, 15) is 0 Å². The van der Waals surface area contributed by atoms with Crippen molar-refractivity contribution < 1.29 is 9.15 Å². The molecule has 11 aromatic carbocycles. The average molecular weight is 855 g/mol. The molecule has 0 atom stereocenters. The normalized spacial score (nSPS) is 13.3. The van der Waals surface area contributed by atoms with Crippen LogP contribution in [0.2, 0.25) is 0 Å². The zero-order valence-electron chi connectivity index (χ0n) is 36.2. The number of anilines is 3. The number of nitrogens with zero attached hydrogens (tertiary/aromatic N) is 2. The van der Waals surface area contributed by atoms with Gasteiger partial charge in [0.25, 0.3) is 0 Å². The molecule has 0 amide bonds. The van der Waals surface area contributed by atoms with E-state index in [1.54, 1.807) is 0 Å². The molecular formula is C63H38N2O2. The molecule has 4 heteroatoms. The van der Waals surface area contributed by atoms with E-state index in [0.29, 0.717) is 0 Å². The lowest BCUT2D eigenvalue weighted by Gasteiger charge is -2.45. The van der Waals surface area contributed by atoms with Crippen LogP contribution in [0.4, 0.5) is 17.1 Å². The Morgan fingerprint density at radius 2 is 0.985 bits per heavy atom. The first-order valence-electron chi connectivity index (χ1n) is 23.0. The van der Waals surface area contributed by atoms with Gasteiger partial charge in [-0.15, -0.1) is 0 Å². The molecule has 1 aliphatic carbocycles. The van der Waals surface area contributed by atoms with Gasteiger partial charge >= 0.3 is 0 Å². The molecule has 3 heterocycles. The summed E-state index contributed by atoms with van der Waals surface area (Å²) in [6.07, 6.45) is 0. The van der Waals surface area contributed by atoms with Gasteiger partial charge < -0.3 is 18.6 Å². The van der Waals surface area contributed by atoms with Crippen LogP contribution in [0.3, 0.4) is 0 Å². The summed E-state index contributed by atoms with van der Waals surface area (Å²) in [6.45, 7) is 0. The van der Waals surface area contributed by atoms with E-state index in [0.717, 1.165) is 78.3 Å². The molecule has 0 unspecified atom stereocenters. The first-order chi connectivity index (χ1) is 33.3. The third-order valence-electron chi connectivity index (χ3n) is 14.6. The van der Waals surface area contributed by atoms with Crippen molar-refractivity contribution in [3.05, 3.63) is 253 Å². The van der Waals surface area contributed by atoms with Crippen molar-refractivity contribution in [2.24, 2.45) is 0 Å². The van der Waals surface area contributed by atoms with E-state index in [-0.39, 0.29) is 0 Å². The van der Waals surface area contributed by atoms with Gasteiger partial charge in [-0.2, -0.15) is 0 Å². The Hall–Kier alpha value is -8.86. The van der Waals surface area contributed by atoms with E-state index >= 15 is 0 Å². The molecular weight excluding hydrogens is 817 g/mol. The van der Waals surface area contributed by atoms with Crippen LogP contribution in [0.5, 0.6) is 11.5 Å². The summed E-state index contributed by atoms with van der Waals surface area (Å²) in [4.78, 5) is 2.50. The lowest BCUT2D eigenvalue weighted by molar-refractivity contribution is 0.435. The van der Waals surface area contributed by atoms with Crippen LogP contribution >= 0.6 is 0 Å². The number of aromatic nitrogens is 1. The van der Waals surface area contributed by atoms with E-state index in [2.05, 4.69) is 234 Å². The topological polar surface area (TPSA) is 30.5 Å². The van der Waals surface area contributed by atoms with Crippen LogP contribution in [-0.2, 0) is 5.41 Å². The molecule has 15 rings (SSSR count). The number of fused-ring (bicyclic) bond motifs is 15. The van der Waals surface area contributed by atoms with Crippen molar-refractivity contribution in [2.75, 3.05) is 4.90 Å². The van der Waals surface area contributed by atoms with E-state index in [1.807, 2.05) is 6.07 Å². The first-order valence-corrected chi connectivity index (χ1v) is 23.0. The molecule has 13 aromatic rings. The highest BCUT2D eigenvalue weighted by Gasteiger charge is 2.49. The molecule has 0 saturated heterocycles. The molecule has 4 nitrogen and oxygen atoms in total. The highest BCUT2D eigenvalue weighted by Crippen LogP contribution is 2.62. The summed E-state index contributed by atoms with van der Waals surface area (Å²) in [7, 11) is 0. The third-order valence-corrected chi connectivity index (χ3v) is 14.6. The smallest absolute Gasteiger partial charge is 0.137 e. The van der Waals surface area contributed by atoms with Gasteiger partial charge in [0.15, 0.2) is 0 Å². The lowest BCUT2D eigenvalue weighted by atomic mass is 9.58. The second-order valence-corrected chi connectivity index (χ2v) is 17.9. The molecule has 1 aliphatic heterocycles. The Morgan fingerprint density at radius 1 is 0.373 bits per heavy atom. The number of para-hydroxylation sites is 4. The molecule has 1 spiro atoms. The molecule has 67 heavy (non-hydrogen) atoms. The Balaban J connectivity index is 1.06. The minimum absolute atomic E-state index is 0.629. The fourth-order valence-corrected chi connectivity index (χ4v) is 12.0. The maximum atomic E-state index is 6.75. The van der Waals surface area contributed by atoms with Crippen molar-refractivity contribution in [2.45, 2.75) is 5.41 Å². The van der Waals surface area contributed by atoms with Gasteiger partial charge in [0.1, 0.15) is 22.7 Å². The highest BCUT2D eigenvalue weighted by molar-refractivity contribution is 6.17. The standard InChI is InChI=1S/C63H38N2O2/c1-2-18-41-39(16-1)17-13-28-52(41)64(40-34-35-44-43-20-4-9-27-53(43)65(56(44)38-40)55-29-15-33-60-62(55)47-21-5-10-30-57(47)66-60)54-37-36-45-42-19-3-6-23-48(42)63(51-26-14-22-46(54)61(45)51)49-24-7-11-31-58(49)67-59-32-12-8-25-50(59)63/h1-38H. The summed E-state index contributed by atoms with van der Waals surface area (Å²) >= 11 is 0. The molecule has 0 radical (unpaired) electrons. The summed E-state index contributed by atoms with van der Waals surface area (Å²) in [5.74, 6) is 1.76. The van der Waals surface area contributed by atoms with Gasteiger partial charge in [0.2, 0.25) is 0 Å². The van der Waals surface area contributed by atoms with E-state index in [4.69, 9.17) is 9.15 Å². The number of furan rings is 1. The SMILES string of the molecule is c1ccc2c(c1)Oc1ccccc1C21c2ccccc2-c2ccc(N(c3ccc4c5ccccc5n(-c5cccc6oc7ccccc7c56)c4c3)c3cccc4ccccc34)c3cccc1c23. The van der Waals surface area contributed by atoms with Gasteiger partial charge in [0, 0.05) is 43.7 Å². The van der Waals surface area contributed by atoms with Gasteiger partial charge in [0.05, 0.1) is 38.9 Å². The number of hydrogen-bond acceptors (Lipinski definition) is 3. The first kappa shape index (κ1) is 36.5. The maximum Gasteiger partial charge on any atom is 0.137 e. The summed E-state index contributed by atoms with van der Waals surface area (Å²) in [5, 5.41) is 9.37. The van der Waals surface area contributed by atoms with Crippen molar-refractivity contribution >= 4 is 82.4 Å². The Kier molecular flexibility index (Phi) is 7.40. The zero-order valence-corrected chi connectivity index (χ0v) is 36.2. The Morgan fingerprint density at radius 3 is 1.85 bits per heavy atom. The summed E-state index contributed by atoms with van der Waals surface area (Å²) in [5.41, 5.74) is 15.0. The molecule has 0 N–H and O–H groups in total. The number of rotatable bonds is 4. The van der Waals surface area contributed by atoms with Crippen LogP contribution in [0, 0.1) is 0 Å². The van der Waals surface area contributed by atoms with Crippen LogP contribution in [-0.4, -0.2) is 4.57 Å². The predicted molar refractivity (Wildman–Crippen MR) is 275 cm³/mol. The van der Waals surface area contributed by atoms with Crippen molar-refractivity contribution in [1.82, 2.24) is 4.57 Å². The lowest BCUT2D eigenvalue weighted by Crippen LogP contribution is -2.36. The van der Waals surface area contributed by atoms with Gasteiger partial charge in [-0.3, -0.25) is 0 Å². The third kappa shape index (κ3) is 4.86. The minimum Gasteiger partial charge on any atom is -0.457 e. The Bertz CT molecular complexity index is 4180. The monoisotopic (exact) mass is 854 g/mol. The second kappa shape index (κ2) is 13.6. The zero-order chi connectivity index (χ0) is 43.8. The summed E-state index contributed by atoms with van der Waals surface area (Å²) < 4.78 is 15.7. The fraction of sp³-hybridized carbons (Fsp3) is 0.0159. The Labute approximate surface area is 385 Å². The van der Waals surface area contributed by atoms with Crippen molar-refractivity contribution in [3.63, 3.8) is 0 Å². The molecule has 0 fully saturated rings. The van der Waals surface area contributed by atoms with Crippen LogP contribution < -0.4 is 9.64 Å². The number of ether oxygens (including phenoxy) is 1. The molecule has 2 aliphatic rings. The molecule has 2 aromatic heterocycles. The van der Waals surface area contributed by atoms with Crippen LogP contribution in [0.25, 0.3) is 82.1 Å². The number of hydrogen-bond donors (Lipinski definition) is 0. The molecule has 0 bridgehead atoms. The molecule has 0 saturated carbocycles. The van der Waals surface area contributed by atoms with Crippen LogP contribution in [0.15, 0.2) is 235 Å². The van der Waals surface area contributed by atoms with Crippen molar-refractivity contribution in [3.8, 4) is 28.3 Å². The average Bonchev–Trinajstić information content (AvgIpc) is 3.94. The predicted octanol–water partition coefficient (Wildman–Crippen LogP) is 16.9. The largest absolute Gasteiger partial charge is 0.457 e. The number of benzene rings is 11. The maximum absolute atomic E-state index is 6.75. The van der Waals surface area contributed by atoms with Gasteiger partial charge in [-0.25, -0.2) is 0 Å². The molecule has 312 valence electrons. The van der Waals surface area contributed by atoms with Gasteiger partial charge in [-0.05, 0) is 93.7 Å². The van der Waals surface area contributed by atoms with E-state index < -0.39 is 5.41 Å². The van der Waals surface area contributed by atoms with E-state index in [1.165, 1.54) is 54.6 Å². The fourth-order valence-electron chi connectivity index (χ4n) is 12.0. The minimum atomic E-state index is -0.629. The van der Waals surface area contributed by atoms with Gasteiger partial charge in [-0.1, -0.05) is 170 Å². The second-order valence-electron chi connectivity index (χ2n) is 17.9. The quantitative estimate of drug-likeness (QED) is 0.177. The van der Waals surface area contributed by atoms with Crippen LogP contribution in [0.1, 0.15) is 22.3 Å². The highest BCUT2D eigenvalue weighted by atomic mass is 16.5.